The van der Waals surface area contributed by atoms with Crippen LogP contribution in [0.15, 0.2) is 60.9 Å². The van der Waals surface area contributed by atoms with E-state index in [2.05, 4.69) is 15.3 Å². The van der Waals surface area contributed by atoms with Crippen molar-refractivity contribution in [1.29, 1.82) is 0 Å². The Bertz CT molecular complexity index is 1350. The highest BCUT2D eigenvalue weighted by molar-refractivity contribution is 6.15. The number of nitrogens with one attached hydrogen (secondary N) is 1. The first-order valence-corrected chi connectivity index (χ1v) is 10.1. The lowest BCUT2D eigenvalue weighted by atomic mass is 10.1. The Labute approximate surface area is 179 Å². The molecule has 0 bridgehead atoms. The SMILES string of the molecule is Cc1cnc2c(NC(=O)c3cccc4cccnc34)cccc2c1N1CCN(C)C1=O. The Morgan fingerprint density at radius 2 is 1.81 bits per heavy atom. The van der Waals surface area contributed by atoms with Crippen LogP contribution >= 0.6 is 0 Å². The second-order valence-electron chi connectivity index (χ2n) is 7.68. The lowest BCUT2D eigenvalue weighted by Crippen LogP contribution is -2.30. The largest absolute Gasteiger partial charge is 0.326 e. The van der Waals surface area contributed by atoms with E-state index in [0.717, 1.165) is 22.0 Å². The Balaban J connectivity index is 1.58. The third-order valence-corrected chi connectivity index (χ3v) is 5.66. The summed E-state index contributed by atoms with van der Waals surface area (Å²) >= 11 is 0. The van der Waals surface area contributed by atoms with Gasteiger partial charge in [0, 0.05) is 43.3 Å². The van der Waals surface area contributed by atoms with Gasteiger partial charge in [0.15, 0.2) is 0 Å². The number of pyridine rings is 2. The minimum atomic E-state index is -0.252. The van der Waals surface area contributed by atoms with Crippen molar-refractivity contribution in [3.8, 4) is 0 Å². The van der Waals surface area contributed by atoms with E-state index in [-0.39, 0.29) is 11.9 Å². The number of carbonyl (C=O) groups excluding carboxylic acids is 2. The zero-order valence-electron chi connectivity index (χ0n) is 17.3. The number of fused-ring (bicyclic) bond motifs is 2. The summed E-state index contributed by atoms with van der Waals surface area (Å²) in [7, 11) is 1.80. The van der Waals surface area contributed by atoms with Crippen molar-refractivity contribution in [2.45, 2.75) is 6.92 Å². The summed E-state index contributed by atoms with van der Waals surface area (Å²) in [6.07, 6.45) is 3.43. The van der Waals surface area contributed by atoms with Crippen molar-refractivity contribution >= 4 is 45.1 Å². The number of anilines is 2. The zero-order chi connectivity index (χ0) is 21.5. The smallest absolute Gasteiger partial charge is 0.324 e. The first-order valence-electron chi connectivity index (χ1n) is 10.1. The van der Waals surface area contributed by atoms with Crippen LogP contribution in [0.5, 0.6) is 0 Å². The summed E-state index contributed by atoms with van der Waals surface area (Å²) < 4.78 is 0. The van der Waals surface area contributed by atoms with E-state index < -0.39 is 0 Å². The number of aryl methyl sites for hydroxylation is 1. The van der Waals surface area contributed by atoms with Crippen LogP contribution in [-0.4, -0.2) is 46.9 Å². The predicted molar refractivity (Wildman–Crippen MR) is 122 cm³/mol. The summed E-state index contributed by atoms with van der Waals surface area (Å²) in [6.45, 7) is 3.24. The fraction of sp³-hybridized carbons (Fsp3) is 0.167. The second-order valence-corrected chi connectivity index (χ2v) is 7.68. The Hall–Kier alpha value is -4.00. The Kier molecular flexibility index (Phi) is 4.51. The van der Waals surface area contributed by atoms with Crippen LogP contribution < -0.4 is 10.2 Å². The highest BCUT2D eigenvalue weighted by Gasteiger charge is 2.29. The van der Waals surface area contributed by atoms with E-state index in [4.69, 9.17) is 0 Å². The number of aromatic nitrogens is 2. The van der Waals surface area contributed by atoms with Crippen molar-refractivity contribution < 1.29 is 9.59 Å². The van der Waals surface area contributed by atoms with Crippen LogP contribution in [0.25, 0.3) is 21.8 Å². The van der Waals surface area contributed by atoms with Gasteiger partial charge in [-0.25, -0.2) is 4.79 Å². The summed E-state index contributed by atoms with van der Waals surface area (Å²) in [6, 6.07) is 14.9. The number of hydrogen-bond acceptors (Lipinski definition) is 4. The van der Waals surface area contributed by atoms with Crippen LogP contribution in [0.3, 0.4) is 0 Å². The fourth-order valence-electron chi connectivity index (χ4n) is 4.10. The van der Waals surface area contributed by atoms with Gasteiger partial charge in [0.05, 0.1) is 28.0 Å². The molecular weight excluding hydrogens is 390 g/mol. The minimum absolute atomic E-state index is 0.0353. The second kappa shape index (κ2) is 7.36. The minimum Gasteiger partial charge on any atom is -0.326 e. The number of para-hydroxylation sites is 2. The summed E-state index contributed by atoms with van der Waals surface area (Å²) in [5.41, 5.74) is 4.14. The van der Waals surface area contributed by atoms with E-state index in [1.807, 2.05) is 49.4 Å². The van der Waals surface area contributed by atoms with Crippen molar-refractivity contribution in [3.63, 3.8) is 0 Å². The van der Waals surface area contributed by atoms with Gasteiger partial charge < -0.3 is 10.2 Å². The highest BCUT2D eigenvalue weighted by atomic mass is 16.2. The average molecular weight is 411 g/mol. The summed E-state index contributed by atoms with van der Waals surface area (Å²) in [5, 5.41) is 4.73. The molecule has 5 rings (SSSR count). The van der Waals surface area contributed by atoms with Crippen LogP contribution in [0.4, 0.5) is 16.2 Å². The molecule has 4 aromatic rings. The molecule has 0 atom stereocenters. The monoisotopic (exact) mass is 411 g/mol. The molecule has 3 heterocycles. The third-order valence-electron chi connectivity index (χ3n) is 5.66. The van der Waals surface area contributed by atoms with Crippen molar-refractivity contribution in [2.75, 3.05) is 30.4 Å². The molecule has 2 aromatic heterocycles. The zero-order valence-corrected chi connectivity index (χ0v) is 17.3. The average Bonchev–Trinajstić information content (AvgIpc) is 3.11. The molecule has 1 N–H and O–H groups in total. The number of likely N-dealkylation sites (N-methyl/N-ethyl adjacent to an activating group) is 1. The number of hydrogen-bond donors (Lipinski definition) is 1. The van der Waals surface area contributed by atoms with E-state index in [0.29, 0.717) is 35.4 Å². The molecule has 0 radical (unpaired) electrons. The van der Waals surface area contributed by atoms with Gasteiger partial charge >= 0.3 is 6.03 Å². The molecule has 1 fully saturated rings. The summed E-state index contributed by atoms with van der Waals surface area (Å²) in [5.74, 6) is -0.252. The fourth-order valence-corrected chi connectivity index (χ4v) is 4.10. The van der Waals surface area contributed by atoms with Gasteiger partial charge in [-0.2, -0.15) is 0 Å². The highest BCUT2D eigenvalue weighted by Crippen LogP contribution is 2.34. The Morgan fingerprint density at radius 1 is 1.00 bits per heavy atom. The predicted octanol–water partition coefficient (Wildman–Crippen LogP) is 4.22. The van der Waals surface area contributed by atoms with Crippen LogP contribution in [0, 0.1) is 6.92 Å². The maximum atomic E-state index is 13.1. The number of amides is 3. The van der Waals surface area contributed by atoms with Crippen molar-refractivity contribution in [1.82, 2.24) is 14.9 Å². The molecule has 7 heteroatoms. The maximum Gasteiger partial charge on any atom is 0.324 e. The molecule has 2 aromatic carbocycles. The lowest BCUT2D eigenvalue weighted by molar-refractivity contribution is 0.102. The topological polar surface area (TPSA) is 78.4 Å². The van der Waals surface area contributed by atoms with Crippen LogP contribution in [-0.2, 0) is 0 Å². The first kappa shape index (κ1) is 19.0. The molecular formula is C24H21N5O2. The van der Waals surface area contributed by atoms with Gasteiger partial charge in [-0.15, -0.1) is 0 Å². The molecule has 0 saturated carbocycles. The summed E-state index contributed by atoms with van der Waals surface area (Å²) in [4.78, 5) is 38.2. The number of carbonyl (C=O) groups is 2. The standard InChI is InChI=1S/C24H21N5O2/c1-15-14-26-21-17(22(15)29-13-12-28(2)24(29)31)8-4-10-19(21)27-23(30)18-9-3-6-16-7-5-11-25-20(16)18/h3-11,14H,12-13H2,1-2H3,(H,27,30). The van der Waals surface area contributed by atoms with Gasteiger partial charge in [-0.1, -0.05) is 30.3 Å². The molecule has 31 heavy (non-hydrogen) atoms. The van der Waals surface area contributed by atoms with E-state index in [9.17, 15) is 9.59 Å². The van der Waals surface area contributed by atoms with E-state index in [1.54, 1.807) is 35.3 Å². The van der Waals surface area contributed by atoms with Crippen molar-refractivity contribution in [3.05, 3.63) is 72.1 Å². The third kappa shape index (κ3) is 3.15. The number of rotatable bonds is 3. The molecule has 1 aliphatic heterocycles. The van der Waals surface area contributed by atoms with Gasteiger partial charge in [0.2, 0.25) is 0 Å². The maximum absolute atomic E-state index is 13.1. The van der Waals surface area contributed by atoms with E-state index in [1.165, 1.54) is 0 Å². The van der Waals surface area contributed by atoms with Crippen LogP contribution in [0.1, 0.15) is 15.9 Å². The molecule has 7 nitrogen and oxygen atoms in total. The first-order chi connectivity index (χ1) is 15.0. The number of nitrogens with zero attached hydrogens (tertiary/aromatic N) is 4. The lowest BCUT2D eigenvalue weighted by Gasteiger charge is -2.21. The Morgan fingerprint density at radius 3 is 2.61 bits per heavy atom. The van der Waals surface area contributed by atoms with Crippen molar-refractivity contribution in [2.24, 2.45) is 0 Å². The normalized spacial score (nSPS) is 13.9. The molecule has 0 spiro atoms. The van der Waals surface area contributed by atoms with Gasteiger partial charge in [0.25, 0.3) is 5.91 Å². The molecule has 3 amide bonds. The van der Waals surface area contributed by atoms with Gasteiger partial charge in [-0.3, -0.25) is 19.7 Å². The molecule has 0 aliphatic carbocycles. The van der Waals surface area contributed by atoms with Crippen LogP contribution in [0.2, 0.25) is 0 Å². The molecule has 1 aliphatic rings. The number of benzene rings is 2. The molecule has 0 unspecified atom stereocenters. The number of urea groups is 1. The van der Waals surface area contributed by atoms with E-state index >= 15 is 0 Å². The quantitative estimate of drug-likeness (QED) is 0.548. The molecule has 154 valence electrons. The van der Waals surface area contributed by atoms with Gasteiger partial charge in [0.1, 0.15) is 0 Å². The van der Waals surface area contributed by atoms with Gasteiger partial charge in [-0.05, 0) is 30.7 Å². The molecule has 1 saturated heterocycles.